The van der Waals surface area contributed by atoms with Gasteiger partial charge in [0, 0.05) is 13.1 Å². The molecule has 0 saturated carbocycles. The number of nitrogens with one attached hydrogen (secondary N) is 1. The number of halogens is 1. The summed E-state index contributed by atoms with van der Waals surface area (Å²) in [6, 6.07) is 16.7. The van der Waals surface area contributed by atoms with Crippen LogP contribution in [0.3, 0.4) is 0 Å². The highest BCUT2D eigenvalue weighted by Crippen LogP contribution is 2.28. The molecule has 2 aromatic rings. The molecule has 202 valence electrons. The maximum atomic E-state index is 13.3. The molecule has 2 fully saturated rings. The Morgan fingerprint density at radius 1 is 1.08 bits per heavy atom. The third kappa shape index (κ3) is 7.11. The average Bonchev–Trinajstić information content (AvgIpc) is 2.92. The van der Waals surface area contributed by atoms with Crippen molar-refractivity contribution in [1.82, 2.24) is 25.1 Å². The Hall–Kier alpha value is -3.90. The molecule has 2 aliphatic rings. The number of hydrogen-bond donors (Lipinski definition) is 1. The minimum atomic E-state index is -0.579. The quantitative estimate of drug-likeness (QED) is 0.567. The second-order valence-electron chi connectivity index (χ2n) is 9.13. The summed E-state index contributed by atoms with van der Waals surface area (Å²) in [5, 5.41) is 6.08. The van der Waals surface area contributed by atoms with E-state index in [1.54, 1.807) is 33.0 Å². The van der Waals surface area contributed by atoms with Crippen molar-refractivity contribution in [3.05, 3.63) is 72.0 Å². The number of unbranched alkanes of at least 4 members (excludes halogenated alkanes) is 1. The second kappa shape index (κ2) is 14.1. The van der Waals surface area contributed by atoms with E-state index in [4.69, 9.17) is 6.42 Å². The summed E-state index contributed by atoms with van der Waals surface area (Å²) in [7, 11) is 0. The number of likely N-dealkylation sites (N-methyl/N-ethyl adjacent to an activating group) is 1. The second-order valence-corrected chi connectivity index (χ2v) is 9.13. The van der Waals surface area contributed by atoms with Crippen LogP contribution in [0.2, 0.25) is 0 Å². The molecule has 2 saturated heterocycles. The van der Waals surface area contributed by atoms with E-state index in [1.165, 1.54) is 17.1 Å². The van der Waals surface area contributed by atoms with E-state index in [0.717, 1.165) is 18.4 Å². The van der Waals surface area contributed by atoms with Crippen LogP contribution >= 0.6 is 0 Å². The number of rotatable bonds is 7. The number of carbonyl (C=O) groups is 3. The number of hydrazine groups is 1. The molecule has 2 atom stereocenters. The molecular formula is C29H36FN5O3. The van der Waals surface area contributed by atoms with Crippen molar-refractivity contribution in [2.75, 3.05) is 26.2 Å². The number of hydrogen-bond acceptors (Lipinski definition) is 4. The fourth-order valence-corrected chi connectivity index (χ4v) is 4.67. The van der Waals surface area contributed by atoms with Crippen LogP contribution in [-0.2, 0) is 16.1 Å². The third-order valence-electron chi connectivity index (χ3n) is 6.54. The van der Waals surface area contributed by atoms with Gasteiger partial charge < -0.3 is 15.1 Å². The van der Waals surface area contributed by atoms with Crippen molar-refractivity contribution in [1.29, 1.82) is 0 Å². The Kier molecular flexibility index (Phi) is 10.7. The highest BCUT2D eigenvalue weighted by atomic mass is 19.1. The topological polar surface area (TPSA) is 76.2 Å². The fourth-order valence-electron chi connectivity index (χ4n) is 4.67. The van der Waals surface area contributed by atoms with E-state index in [0.29, 0.717) is 19.5 Å². The van der Waals surface area contributed by atoms with Crippen molar-refractivity contribution in [2.45, 2.75) is 51.9 Å². The summed E-state index contributed by atoms with van der Waals surface area (Å²) in [4.78, 5) is 42.7. The summed E-state index contributed by atoms with van der Waals surface area (Å²) < 4.78 is 11.9. The minimum Gasteiger partial charge on any atom is -0.337 e. The fraction of sp³-hybridized carbons (Fsp3) is 0.414. The predicted molar refractivity (Wildman–Crippen MR) is 144 cm³/mol. The van der Waals surface area contributed by atoms with Crippen molar-refractivity contribution >= 4 is 17.8 Å². The standard InChI is InChI=1S/C23H31N5O3.C6H5F/c1-4-7-13-19-22(30)25(6-3)16-20-27(19)21(29)17-26(14-5-2)28(20)23(31)24-15-18-11-9-8-10-12-18;7-6-4-2-1-3-5-6/h2,8-12,19-20H,4,6-7,13-17H2,1,3H3,(H,24,31);1-5H/t19-,20-;/m0./s1. The van der Waals surface area contributed by atoms with Gasteiger partial charge in [0.15, 0.2) is 0 Å². The molecule has 2 aromatic carbocycles. The molecule has 0 unspecified atom stereocenters. The van der Waals surface area contributed by atoms with Gasteiger partial charge in [-0.15, -0.1) is 6.42 Å². The molecule has 38 heavy (non-hydrogen) atoms. The first-order valence-electron chi connectivity index (χ1n) is 13.0. The number of urea groups is 1. The predicted octanol–water partition coefficient (Wildman–Crippen LogP) is 3.46. The Balaban J connectivity index is 0.000000494. The van der Waals surface area contributed by atoms with Crippen LogP contribution in [0.4, 0.5) is 9.18 Å². The summed E-state index contributed by atoms with van der Waals surface area (Å²) in [6.07, 6.45) is 7.29. The van der Waals surface area contributed by atoms with Gasteiger partial charge in [0.25, 0.3) is 0 Å². The van der Waals surface area contributed by atoms with Crippen LogP contribution in [0.25, 0.3) is 0 Å². The number of nitrogens with zero attached hydrogens (tertiary/aromatic N) is 4. The zero-order valence-electron chi connectivity index (χ0n) is 22.1. The van der Waals surface area contributed by atoms with E-state index < -0.39 is 12.2 Å². The van der Waals surface area contributed by atoms with Crippen molar-refractivity contribution in [3.8, 4) is 12.3 Å². The molecule has 0 aromatic heterocycles. The lowest BCUT2D eigenvalue weighted by molar-refractivity contribution is -0.189. The Bertz CT molecular complexity index is 1110. The van der Waals surface area contributed by atoms with Gasteiger partial charge in [-0.3, -0.25) is 9.59 Å². The Morgan fingerprint density at radius 2 is 1.74 bits per heavy atom. The van der Waals surface area contributed by atoms with Crippen LogP contribution in [0, 0.1) is 18.2 Å². The molecule has 8 nitrogen and oxygen atoms in total. The lowest BCUT2D eigenvalue weighted by Crippen LogP contribution is -2.76. The van der Waals surface area contributed by atoms with Gasteiger partial charge in [-0.05, 0) is 31.0 Å². The monoisotopic (exact) mass is 521 g/mol. The molecule has 1 N–H and O–H groups in total. The molecular weight excluding hydrogens is 485 g/mol. The lowest BCUT2D eigenvalue weighted by atomic mass is 10.0. The third-order valence-corrected chi connectivity index (χ3v) is 6.54. The van der Waals surface area contributed by atoms with Gasteiger partial charge in [-0.2, -0.15) is 5.01 Å². The number of piperazine rings is 1. The first-order valence-corrected chi connectivity index (χ1v) is 13.0. The summed E-state index contributed by atoms with van der Waals surface area (Å²) in [5.41, 5.74) is 0.971. The zero-order chi connectivity index (χ0) is 27.5. The Morgan fingerprint density at radius 3 is 2.29 bits per heavy atom. The van der Waals surface area contributed by atoms with Gasteiger partial charge in [-0.1, -0.05) is 74.2 Å². The van der Waals surface area contributed by atoms with Gasteiger partial charge >= 0.3 is 6.03 Å². The minimum absolute atomic E-state index is 0.0263. The smallest absolute Gasteiger partial charge is 0.334 e. The highest BCUT2D eigenvalue weighted by molar-refractivity contribution is 5.91. The SMILES string of the molecule is C#CCN1CC(=O)N2[C@@H](CCCC)C(=O)N(CC)C[C@@H]2N1C(=O)NCc1ccccc1.Fc1ccccc1. The van der Waals surface area contributed by atoms with E-state index in [-0.39, 0.29) is 43.3 Å². The largest absolute Gasteiger partial charge is 0.337 e. The number of carbonyl (C=O) groups excluding carboxylic acids is 3. The molecule has 4 amide bonds. The van der Waals surface area contributed by atoms with Gasteiger partial charge in [0.1, 0.15) is 18.0 Å². The van der Waals surface area contributed by atoms with E-state index in [9.17, 15) is 18.8 Å². The van der Waals surface area contributed by atoms with Crippen LogP contribution in [0.5, 0.6) is 0 Å². The normalized spacial score (nSPS) is 19.3. The molecule has 0 bridgehead atoms. The van der Waals surface area contributed by atoms with Gasteiger partial charge in [-0.25, -0.2) is 14.2 Å². The van der Waals surface area contributed by atoms with E-state index in [1.807, 2.05) is 37.3 Å². The molecule has 0 spiro atoms. The van der Waals surface area contributed by atoms with Crippen molar-refractivity contribution in [3.63, 3.8) is 0 Å². The molecule has 2 heterocycles. The number of amides is 4. The van der Waals surface area contributed by atoms with E-state index in [2.05, 4.69) is 18.2 Å². The number of terminal acetylenes is 1. The molecule has 4 rings (SSSR count). The van der Waals surface area contributed by atoms with Gasteiger partial charge in [0.05, 0.1) is 19.6 Å². The summed E-state index contributed by atoms with van der Waals surface area (Å²) in [5.74, 6) is 2.15. The molecule has 0 radical (unpaired) electrons. The maximum Gasteiger partial charge on any atom is 0.334 e. The first kappa shape index (κ1) is 28.7. The van der Waals surface area contributed by atoms with E-state index >= 15 is 0 Å². The molecule has 0 aliphatic carbocycles. The highest BCUT2D eigenvalue weighted by Gasteiger charge is 2.50. The number of fused-ring (bicyclic) bond motifs is 1. The average molecular weight is 522 g/mol. The lowest BCUT2D eigenvalue weighted by Gasteiger charge is -2.54. The van der Waals surface area contributed by atoms with Gasteiger partial charge in [0.2, 0.25) is 11.8 Å². The van der Waals surface area contributed by atoms with Crippen LogP contribution < -0.4 is 5.32 Å². The van der Waals surface area contributed by atoms with Crippen molar-refractivity contribution in [2.24, 2.45) is 0 Å². The summed E-state index contributed by atoms with van der Waals surface area (Å²) >= 11 is 0. The van der Waals surface area contributed by atoms with Crippen molar-refractivity contribution < 1.29 is 18.8 Å². The molecule has 9 heteroatoms. The molecule has 2 aliphatic heterocycles. The Labute approximate surface area is 224 Å². The number of benzene rings is 2. The first-order chi connectivity index (χ1) is 18.4. The van der Waals surface area contributed by atoms with Crippen LogP contribution in [-0.4, -0.2) is 76.0 Å². The van der Waals surface area contributed by atoms with Crippen LogP contribution in [0.15, 0.2) is 60.7 Å². The van der Waals surface area contributed by atoms with Crippen LogP contribution in [0.1, 0.15) is 38.7 Å². The summed E-state index contributed by atoms with van der Waals surface area (Å²) in [6.45, 7) is 5.22. The zero-order valence-corrected chi connectivity index (χ0v) is 22.1. The maximum absolute atomic E-state index is 13.3.